The Bertz CT molecular complexity index is 1110. The van der Waals surface area contributed by atoms with Crippen LogP contribution in [0.1, 0.15) is 52.3 Å². The zero-order chi connectivity index (χ0) is 22.8. The molecule has 6 heteroatoms. The van der Waals surface area contributed by atoms with Crippen LogP contribution in [0.5, 0.6) is 0 Å². The van der Waals surface area contributed by atoms with Gasteiger partial charge in [-0.1, -0.05) is 18.2 Å². The minimum Gasteiger partial charge on any atom is -0.385 e. The van der Waals surface area contributed by atoms with Crippen LogP contribution >= 0.6 is 12.2 Å². The number of pyridine rings is 1. The Hall–Kier alpha value is -2.70. The zero-order valence-electron chi connectivity index (χ0n) is 19.6. The molecule has 0 saturated carbocycles. The fourth-order valence-electron chi connectivity index (χ4n) is 4.78. The number of ether oxygens (including phenoxy) is 1. The predicted octanol–water partition coefficient (Wildman–Crippen LogP) is 5.11. The lowest BCUT2D eigenvalue weighted by Gasteiger charge is -2.28. The number of rotatable bonds is 7. The van der Waals surface area contributed by atoms with Gasteiger partial charge in [0.1, 0.15) is 0 Å². The molecule has 32 heavy (non-hydrogen) atoms. The third-order valence-corrected chi connectivity index (χ3v) is 6.69. The number of aromatic nitrogens is 2. The van der Waals surface area contributed by atoms with Crippen molar-refractivity contribution in [2.45, 2.75) is 46.2 Å². The normalized spacial score (nSPS) is 18.3. The quantitative estimate of drug-likeness (QED) is 0.402. The minimum atomic E-state index is -0.00111. The fraction of sp³-hybridized carbons (Fsp3) is 0.385. The van der Waals surface area contributed by atoms with Gasteiger partial charge in [-0.2, -0.15) is 0 Å². The predicted molar refractivity (Wildman–Crippen MR) is 133 cm³/mol. The molecule has 1 aromatic carbocycles. The molecule has 0 amide bonds. The van der Waals surface area contributed by atoms with Crippen LogP contribution in [0.2, 0.25) is 0 Å². The van der Waals surface area contributed by atoms with Crippen molar-refractivity contribution in [1.29, 1.82) is 0 Å². The number of thiocarbonyl (C=S) groups is 1. The van der Waals surface area contributed by atoms with E-state index < -0.39 is 0 Å². The largest absolute Gasteiger partial charge is 0.385 e. The molecule has 3 aromatic rings. The molecule has 3 heterocycles. The van der Waals surface area contributed by atoms with Gasteiger partial charge in [0.25, 0.3) is 0 Å². The maximum atomic E-state index is 5.80. The average molecular weight is 449 g/mol. The van der Waals surface area contributed by atoms with E-state index in [1.165, 1.54) is 33.8 Å². The molecule has 2 atom stereocenters. The number of nitrogens with zero attached hydrogens (tertiary/aromatic N) is 3. The molecule has 1 aliphatic rings. The van der Waals surface area contributed by atoms with Gasteiger partial charge in [0, 0.05) is 43.5 Å². The van der Waals surface area contributed by atoms with Crippen LogP contribution in [-0.4, -0.2) is 39.8 Å². The Kier molecular flexibility index (Phi) is 6.63. The van der Waals surface area contributed by atoms with E-state index in [4.69, 9.17) is 17.0 Å². The first-order chi connectivity index (χ1) is 15.4. The fourth-order valence-corrected chi connectivity index (χ4v) is 5.11. The highest BCUT2D eigenvalue weighted by atomic mass is 32.1. The van der Waals surface area contributed by atoms with E-state index in [1.807, 2.05) is 18.3 Å². The van der Waals surface area contributed by atoms with Crippen LogP contribution in [0.15, 0.2) is 48.7 Å². The number of hydrogen-bond donors (Lipinski definition) is 1. The molecule has 168 valence electrons. The maximum absolute atomic E-state index is 5.80. The Morgan fingerprint density at radius 3 is 2.62 bits per heavy atom. The molecule has 1 fully saturated rings. The first kappa shape index (κ1) is 22.5. The SMILES string of the molecule is COCCCN1C(=S)N[C@H](c2ccccn2)[C@@H]1c1cc(C)n(-c2cc(C)ccc2C)c1C. The van der Waals surface area contributed by atoms with Crippen LogP contribution in [0.25, 0.3) is 5.69 Å². The van der Waals surface area contributed by atoms with Crippen molar-refractivity contribution in [3.63, 3.8) is 0 Å². The molecule has 0 bridgehead atoms. The van der Waals surface area contributed by atoms with Crippen molar-refractivity contribution in [3.05, 3.63) is 82.4 Å². The highest BCUT2D eigenvalue weighted by Crippen LogP contribution is 2.41. The van der Waals surface area contributed by atoms with Crippen molar-refractivity contribution in [2.75, 3.05) is 20.3 Å². The highest BCUT2D eigenvalue weighted by Gasteiger charge is 2.41. The number of benzene rings is 1. The number of nitrogens with one attached hydrogen (secondary N) is 1. The van der Waals surface area contributed by atoms with E-state index in [0.717, 1.165) is 23.8 Å². The van der Waals surface area contributed by atoms with E-state index in [9.17, 15) is 0 Å². The molecular formula is C26H32N4OS. The first-order valence-corrected chi connectivity index (χ1v) is 11.6. The van der Waals surface area contributed by atoms with Gasteiger partial charge in [-0.15, -0.1) is 0 Å². The summed E-state index contributed by atoms with van der Waals surface area (Å²) in [6.07, 6.45) is 2.77. The highest BCUT2D eigenvalue weighted by molar-refractivity contribution is 7.80. The Morgan fingerprint density at radius 2 is 1.91 bits per heavy atom. The van der Waals surface area contributed by atoms with Crippen molar-refractivity contribution in [3.8, 4) is 5.69 Å². The molecule has 2 aromatic heterocycles. The second kappa shape index (κ2) is 9.43. The number of aryl methyl sites for hydroxylation is 3. The summed E-state index contributed by atoms with van der Waals surface area (Å²) in [5, 5.41) is 4.33. The van der Waals surface area contributed by atoms with E-state index in [0.29, 0.717) is 6.61 Å². The standard InChI is InChI=1S/C26H32N4OS/c1-17-10-11-18(2)23(15-17)30-19(3)16-21(20(30)4)25-24(22-9-6-7-12-27-22)28-26(32)29(25)13-8-14-31-5/h6-7,9-12,15-16,24-25H,8,13-14H2,1-5H3,(H,28,32)/t24-,25+/m1/s1. The lowest BCUT2D eigenvalue weighted by Crippen LogP contribution is -2.31. The van der Waals surface area contributed by atoms with Gasteiger partial charge < -0.3 is 19.5 Å². The summed E-state index contributed by atoms with van der Waals surface area (Å²) in [7, 11) is 1.74. The molecule has 1 aliphatic heterocycles. The van der Waals surface area contributed by atoms with Gasteiger partial charge in [-0.05, 0) is 87.3 Å². The second-order valence-corrected chi connectivity index (χ2v) is 9.00. The number of hydrogen-bond acceptors (Lipinski definition) is 3. The van der Waals surface area contributed by atoms with Gasteiger partial charge in [-0.25, -0.2) is 0 Å². The second-order valence-electron chi connectivity index (χ2n) is 8.62. The first-order valence-electron chi connectivity index (χ1n) is 11.2. The van der Waals surface area contributed by atoms with Crippen molar-refractivity contribution < 1.29 is 4.74 Å². The van der Waals surface area contributed by atoms with E-state index in [2.05, 4.69) is 77.8 Å². The summed E-state index contributed by atoms with van der Waals surface area (Å²) in [5.74, 6) is 0. The Balaban J connectivity index is 1.81. The van der Waals surface area contributed by atoms with Crippen LogP contribution in [0, 0.1) is 27.7 Å². The molecule has 1 saturated heterocycles. The van der Waals surface area contributed by atoms with Gasteiger partial charge in [0.15, 0.2) is 5.11 Å². The summed E-state index contributed by atoms with van der Waals surface area (Å²) in [4.78, 5) is 6.97. The molecule has 0 radical (unpaired) electrons. The van der Waals surface area contributed by atoms with E-state index in [1.54, 1.807) is 7.11 Å². The Labute approximate surface area is 196 Å². The molecule has 1 N–H and O–H groups in total. The molecule has 0 spiro atoms. The van der Waals surface area contributed by atoms with Crippen molar-refractivity contribution in [2.24, 2.45) is 0 Å². The van der Waals surface area contributed by atoms with E-state index in [-0.39, 0.29) is 12.1 Å². The van der Waals surface area contributed by atoms with Crippen molar-refractivity contribution in [1.82, 2.24) is 19.8 Å². The lowest BCUT2D eigenvalue weighted by atomic mass is 9.96. The van der Waals surface area contributed by atoms with Gasteiger partial charge in [0.05, 0.1) is 17.8 Å². The van der Waals surface area contributed by atoms with Gasteiger partial charge >= 0.3 is 0 Å². The lowest BCUT2D eigenvalue weighted by molar-refractivity contribution is 0.180. The third kappa shape index (κ3) is 4.17. The van der Waals surface area contributed by atoms with Crippen LogP contribution in [0.3, 0.4) is 0 Å². The summed E-state index contributed by atoms with van der Waals surface area (Å²) in [6.45, 7) is 10.3. The monoisotopic (exact) mass is 448 g/mol. The van der Waals surface area contributed by atoms with E-state index >= 15 is 0 Å². The molecule has 4 rings (SSSR count). The minimum absolute atomic E-state index is 0.00111. The topological polar surface area (TPSA) is 42.3 Å². The molecule has 5 nitrogen and oxygen atoms in total. The zero-order valence-corrected chi connectivity index (χ0v) is 20.4. The van der Waals surface area contributed by atoms with Gasteiger partial charge in [-0.3, -0.25) is 4.98 Å². The average Bonchev–Trinajstić information content (AvgIpc) is 3.26. The maximum Gasteiger partial charge on any atom is 0.170 e. The summed E-state index contributed by atoms with van der Waals surface area (Å²) >= 11 is 5.80. The Morgan fingerprint density at radius 1 is 1.09 bits per heavy atom. The summed E-state index contributed by atoms with van der Waals surface area (Å²) < 4.78 is 7.69. The van der Waals surface area contributed by atoms with Gasteiger partial charge in [0.2, 0.25) is 0 Å². The van der Waals surface area contributed by atoms with Crippen molar-refractivity contribution >= 4 is 17.3 Å². The van der Waals surface area contributed by atoms with Crippen LogP contribution in [-0.2, 0) is 4.74 Å². The summed E-state index contributed by atoms with van der Waals surface area (Å²) in [6, 6.07) is 15.1. The van der Waals surface area contributed by atoms with Crippen LogP contribution < -0.4 is 5.32 Å². The summed E-state index contributed by atoms with van der Waals surface area (Å²) in [5.41, 5.74) is 8.51. The third-order valence-electron chi connectivity index (χ3n) is 6.34. The molecule has 0 unspecified atom stereocenters. The smallest absolute Gasteiger partial charge is 0.170 e. The molecular weight excluding hydrogens is 416 g/mol. The number of methoxy groups -OCH3 is 1. The van der Waals surface area contributed by atoms with Crippen LogP contribution in [0.4, 0.5) is 0 Å². The molecule has 0 aliphatic carbocycles.